The van der Waals surface area contributed by atoms with E-state index in [4.69, 9.17) is 28.6 Å². The molecule has 6 nitrogen and oxygen atoms in total. The fraction of sp³-hybridized carbons (Fsp3) is 0.500. The molecule has 132 valence electrons. The molecule has 2 rings (SSSR count). The van der Waals surface area contributed by atoms with Crippen molar-refractivity contribution in [1.82, 2.24) is 10.2 Å². The van der Waals surface area contributed by atoms with Crippen molar-refractivity contribution in [3.63, 3.8) is 0 Å². The summed E-state index contributed by atoms with van der Waals surface area (Å²) < 4.78 is 5.00. The Morgan fingerprint density at radius 2 is 2.08 bits per heavy atom. The van der Waals surface area contributed by atoms with Crippen molar-refractivity contribution in [2.75, 3.05) is 58.3 Å². The topological polar surface area (TPSA) is 58.0 Å². The number of halogens is 1. The van der Waals surface area contributed by atoms with Crippen molar-refractivity contribution >= 4 is 40.5 Å². The number of rotatable bonds is 6. The summed E-state index contributed by atoms with van der Waals surface area (Å²) in [5.41, 5.74) is 0.658. The lowest BCUT2D eigenvalue weighted by atomic mass is 10.3. The number of ether oxygens (including phenoxy) is 1. The predicted molar refractivity (Wildman–Crippen MR) is 99.7 cm³/mol. The summed E-state index contributed by atoms with van der Waals surface area (Å²) in [6.45, 7) is 5.21. The SMILES string of the molecule is COCCNC(=S)N1CC[NH+](CC(=O)Nc2ccccc2Cl)CC1. The van der Waals surface area contributed by atoms with Crippen LogP contribution in [0, 0.1) is 0 Å². The lowest BCUT2D eigenvalue weighted by molar-refractivity contribution is -0.895. The second-order valence-electron chi connectivity index (χ2n) is 5.67. The number of carbonyl (C=O) groups excluding carboxylic acids is 1. The van der Waals surface area contributed by atoms with Crippen LogP contribution in [0.4, 0.5) is 5.69 Å². The Bertz CT molecular complexity index is 565. The van der Waals surface area contributed by atoms with Gasteiger partial charge in [0.15, 0.2) is 11.7 Å². The molecule has 3 N–H and O–H groups in total. The Morgan fingerprint density at radius 3 is 2.75 bits per heavy atom. The molecule has 1 saturated heterocycles. The fourth-order valence-corrected chi connectivity index (χ4v) is 3.03. The monoisotopic (exact) mass is 371 g/mol. The number of hydrogen-bond acceptors (Lipinski definition) is 3. The number of nitrogens with one attached hydrogen (secondary N) is 3. The standard InChI is InChI=1S/C16H23ClN4O2S/c1-23-11-6-18-16(24)21-9-7-20(8-10-21)12-15(22)19-14-5-3-2-4-13(14)17/h2-5H,6-12H2,1H3,(H,18,24)(H,19,22)/p+1. The zero-order valence-electron chi connectivity index (χ0n) is 13.8. The highest BCUT2D eigenvalue weighted by molar-refractivity contribution is 7.80. The quantitative estimate of drug-likeness (QED) is 0.485. The Balaban J connectivity index is 1.72. The Hall–Kier alpha value is -1.41. The number of hydrogen-bond donors (Lipinski definition) is 3. The van der Waals surface area contributed by atoms with E-state index in [1.807, 2.05) is 12.1 Å². The minimum absolute atomic E-state index is 0.0210. The third-order valence-corrected chi connectivity index (χ3v) is 4.63. The van der Waals surface area contributed by atoms with Gasteiger partial charge in [0.1, 0.15) is 0 Å². The number of amides is 1. The maximum atomic E-state index is 12.2. The highest BCUT2D eigenvalue weighted by Crippen LogP contribution is 2.19. The summed E-state index contributed by atoms with van der Waals surface area (Å²) in [4.78, 5) is 15.6. The van der Waals surface area contributed by atoms with E-state index in [0.717, 1.165) is 31.3 Å². The molecule has 0 aliphatic carbocycles. The molecule has 0 radical (unpaired) electrons. The van der Waals surface area contributed by atoms with Crippen LogP contribution in [0.15, 0.2) is 24.3 Å². The summed E-state index contributed by atoms with van der Waals surface area (Å²) in [5.74, 6) is -0.0210. The minimum atomic E-state index is -0.0210. The first kappa shape index (κ1) is 18.9. The van der Waals surface area contributed by atoms with E-state index in [-0.39, 0.29) is 5.91 Å². The van der Waals surface area contributed by atoms with E-state index in [1.54, 1.807) is 19.2 Å². The predicted octanol–water partition coefficient (Wildman–Crippen LogP) is -0.0001000. The van der Waals surface area contributed by atoms with Crippen molar-refractivity contribution < 1.29 is 14.4 Å². The summed E-state index contributed by atoms with van der Waals surface area (Å²) in [6, 6.07) is 7.26. The fourth-order valence-electron chi connectivity index (χ4n) is 2.56. The highest BCUT2D eigenvalue weighted by Gasteiger charge is 2.23. The van der Waals surface area contributed by atoms with Gasteiger partial charge in [-0.2, -0.15) is 0 Å². The van der Waals surface area contributed by atoms with Crippen LogP contribution in [0.3, 0.4) is 0 Å². The molecule has 1 fully saturated rings. The van der Waals surface area contributed by atoms with E-state index in [0.29, 0.717) is 30.4 Å². The Kier molecular flexibility index (Phi) is 7.71. The van der Waals surface area contributed by atoms with Gasteiger partial charge in [0.25, 0.3) is 5.91 Å². The summed E-state index contributed by atoms with van der Waals surface area (Å²) >= 11 is 11.4. The number of carbonyl (C=O) groups is 1. The minimum Gasteiger partial charge on any atom is -0.383 e. The average Bonchev–Trinajstić information content (AvgIpc) is 2.58. The maximum Gasteiger partial charge on any atom is 0.279 e. The molecule has 0 bridgehead atoms. The van der Waals surface area contributed by atoms with Gasteiger partial charge < -0.3 is 25.2 Å². The molecular formula is C16H24ClN4O2S+. The van der Waals surface area contributed by atoms with Crippen molar-refractivity contribution in [2.45, 2.75) is 0 Å². The second-order valence-corrected chi connectivity index (χ2v) is 6.46. The zero-order chi connectivity index (χ0) is 17.4. The molecule has 1 aliphatic rings. The van der Waals surface area contributed by atoms with E-state index in [1.165, 1.54) is 4.90 Å². The van der Waals surface area contributed by atoms with Crippen LogP contribution < -0.4 is 15.5 Å². The van der Waals surface area contributed by atoms with Gasteiger partial charge in [0, 0.05) is 13.7 Å². The molecule has 1 aromatic carbocycles. The van der Waals surface area contributed by atoms with Gasteiger partial charge >= 0.3 is 0 Å². The van der Waals surface area contributed by atoms with Crippen molar-refractivity contribution in [3.8, 4) is 0 Å². The molecule has 0 unspecified atom stereocenters. The third kappa shape index (κ3) is 5.90. The van der Waals surface area contributed by atoms with Crippen molar-refractivity contribution in [1.29, 1.82) is 0 Å². The van der Waals surface area contributed by atoms with Crippen LogP contribution in [0.5, 0.6) is 0 Å². The first-order valence-corrected chi connectivity index (χ1v) is 8.78. The van der Waals surface area contributed by atoms with Gasteiger partial charge in [-0.1, -0.05) is 23.7 Å². The van der Waals surface area contributed by atoms with E-state index >= 15 is 0 Å². The van der Waals surface area contributed by atoms with E-state index < -0.39 is 0 Å². The molecular weight excluding hydrogens is 348 g/mol. The molecule has 1 aromatic rings. The normalized spacial score (nSPS) is 15.2. The van der Waals surface area contributed by atoms with Crippen LogP contribution in [-0.4, -0.2) is 68.9 Å². The van der Waals surface area contributed by atoms with E-state index in [9.17, 15) is 4.79 Å². The molecule has 0 atom stereocenters. The number of quaternary nitrogens is 1. The molecule has 1 heterocycles. The van der Waals surface area contributed by atoms with Crippen LogP contribution in [0.1, 0.15) is 0 Å². The largest absolute Gasteiger partial charge is 0.383 e. The lowest BCUT2D eigenvalue weighted by Gasteiger charge is -2.33. The number of nitrogens with zero attached hydrogens (tertiary/aromatic N) is 1. The first-order valence-electron chi connectivity index (χ1n) is 8.00. The lowest BCUT2D eigenvalue weighted by Crippen LogP contribution is -3.15. The highest BCUT2D eigenvalue weighted by atomic mass is 35.5. The third-order valence-electron chi connectivity index (χ3n) is 3.90. The van der Waals surface area contributed by atoms with E-state index in [2.05, 4.69) is 15.5 Å². The first-order chi connectivity index (χ1) is 11.6. The van der Waals surface area contributed by atoms with Gasteiger partial charge in [-0.3, -0.25) is 4.79 Å². The molecule has 0 spiro atoms. The number of benzene rings is 1. The second kappa shape index (κ2) is 9.78. The van der Waals surface area contributed by atoms with Gasteiger partial charge in [-0.15, -0.1) is 0 Å². The Labute approximate surface area is 153 Å². The number of anilines is 1. The smallest absolute Gasteiger partial charge is 0.279 e. The molecule has 1 aliphatic heterocycles. The maximum absolute atomic E-state index is 12.2. The summed E-state index contributed by atoms with van der Waals surface area (Å²) in [5, 5.41) is 7.36. The van der Waals surface area contributed by atoms with Crippen LogP contribution >= 0.6 is 23.8 Å². The van der Waals surface area contributed by atoms with Gasteiger partial charge in [0.2, 0.25) is 0 Å². The number of para-hydroxylation sites is 1. The average molecular weight is 372 g/mol. The number of thiocarbonyl (C=S) groups is 1. The summed E-state index contributed by atoms with van der Waals surface area (Å²) in [6.07, 6.45) is 0. The van der Waals surface area contributed by atoms with Crippen molar-refractivity contribution in [3.05, 3.63) is 29.3 Å². The zero-order valence-corrected chi connectivity index (χ0v) is 15.4. The van der Waals surface area contributed by atoms with Crippen LogP contribution in [0.25, 0.3) is 0 Å². The van der Waals surface area contributed by atoms with Gasteiger partial charge in [-0.25, -0.2) is 0 Å². The molecule has 0 aromatic heterocycles. The van der Waals surface area contributed by atoms with Gasteiger partial charge in [0.05, 0.1) is 43.5 Å². The van der Waals surface area contributed by atoms with Crippen LogP contribution in [0.2, 0.25) is 5.02 Å². The van der Waals surface area contributed by atoms with Crippen molar-refractivity contribution in [2.24, 2.45) is 0 Å². The molecule has 0 saturated carbocycles. The van der Waals surface area contributed by atoms with Crippen LogP contribution in [-0.2, 0) is 9.53 Å². The number of piperazine rings is 1. The summed E-state index contributed by atoms with van der Waals surface area (Å²) in [7, 11) is 1.67. The number of methoxy groups -OCH3 is 1. The molecule has 8 heteroatoms. The van der Waals surface area contributed by atoms with Gasteiger partial charge in [-0.05, 0) is 24.4 Å². The molecule has 1 amide bonds. The molecule has 24 heavy (non-hydrogen) atoms. The Morgan fingerprint density at radius 1 is 1.38 bits per heavy atom.